The Hall–Kier alpha value is -2.06. The topological polar surface area (TPSA) is 118 Å². The van der Waals surface area contributed by atoms with Crippen molar-refractivity contribution in [1.29, 1.82) is 0 Å². The van der Waals surface area contributed by atoms with Crippen molar-refractivity contribution in [2.75, 3.05) is 4.72 Å². The molecular weight excluding hydrogens is 340 g/mol. The van der Waals surface area contributed by atoms with Crippen molar-refractivity contribution in [3.63, 3.8) is 0 Å². The van der Waals surface area contributed by atoms with E-state index in [9.17, 15) is 13.2 Å². The summed E-state index contributed by atoms with van der Waals surface area (Å²) in [5.74, 6) is -0.835. The zero-order chi connectivity index (χ0) is 17.2. The summed E-state index contributed by atoms with van der Waals surface area (Å²) in [6.45, 7) is 3.57. The van der Waals surface area contributed by atoms with E-state index < -0.39 is 15.9 Å². The van der Waals surface area contributed by atoms with Crippen LogP contribution in [0.15, 0.2) is 23.1 Å². The number of aromatic nitrogens is 2. The molecule has 2 aromatic rings. The number of carbonyl (C=O) groups excluding carboxylic acids is 1. The van der Waals surface area contributed by atoms with Crippen molar-refractivity contribution in [2.24, 2.45) is 5.73 Å². The zero-order valence-corrected chi connectivity index (χ0v) is 14.3. The molecule has 0 aliphatic rings. The molecule has 23 heavy (non-hydrogen) atoms. The van der Waals surface area contributed by atoms with Gasteiger partial charge in [-0.2, -0.15) is 5.10 Å². The normalized spacial score (nSPS) is 11.4. The molecule has 0 fully saturated rings. The number of nitrogens with zero attached hydrogens (tertiary/aromatic N) is 1. The molecule has 1 amide bonds. The van der Waals surface area contributed by atoms with Gasteiger partial charge in [-0.3, -0.25) is 14.6 Å². The van der Waals surface area contributed by atoms with E-state index in [0.29, 0.717) is 5.69 Å². The molecule has 4 N–H and O–H groups in total. The van der Waals surface area contributed by atoms with E-state index in [1.165, 1.54) is 6.07 Å². The monoisotopic (exact) mass is 356 g/mol. The predicted octanol–water partition coefficient (Wildman–Crippen LogP) is 2.22. The highest BCUT2D eigenvalue weighted by Gasteiger charge is 2.24. The summed E-state index contributed by atoms with van der Waals surface area (Å²) in [6.07, 6.45) is 1.61. The standard InChI is InChI=1S/C14H17ClN4O3S/c1-3-4-9-5-6-10(15)11(7-9)23(21,22)19-12-8(2)17-18-13(12)14(16)20/h5-7,19H,3-4H2,1-2H3,(H2,16,20)(H,17,18). The first-order valence-electron chi connectivity index (χ1n) is 6.92. The van der Waals surface area contributed by atoms with Gasteiger partial charge in [-0.05, 0) is 31.0 Å². The van der Waals surface area contributed by atoms with Crippen LogP contribution in [0.3, 0.4) is 0 Å². The summed E-state index contributed by atoms with van der Waals surface area (Å²) in [5.41, 5.74) is 6.28. The number of halogens is 1. The maximum Gasteiger partial charge on any atom is 0.271 e. The van der Waals surface area contributed by atoms with Crippen molar-refractivity contribution in [3.05, 3.63) is 40.2 Å². The number of nitrogens with one attached hydrogen (secondary N) is 2. The fraction of sp³-hybridized carbons (Fsp3) is 0.286. The van der Waals surface area contributed by atoms with Gasteiger partial charge in [-0.1, -0.05) is 31.0 Å². The highest BCUT2D eigenvalue weighted by atomic mass is 35.5. The Bertz CT molecular complexity index is 846. The lowest BCUT2D eigenvalue weighted by molar-refractivity contribution is 0.0996. The van der Waals surface area contributed by atoms with E-state index in [0.717, 1.165) is 18.4 Å². The van der Waals surface area contributed by atoms with Crippen molar-refractivity contribution in [1.82, 2.24) is 10.2 Å². The van der Waals surface area contributed by atoms with Crippen LogP contribution in [0.1, 0.15) is 35.1 Å². The third-order valence-electron chi connectivity index (χ3n) is 3.24. The van der Waals surface area contributed by atoms with E-state index in [2.05, 4.69) is 14.9 Å². The van der Waals surface area contributed by atoms with Gasteiger partial charge in [0, 0.05) is 0 Å². The molecule has 0 aliphatic carbocycles. The second-order valence-corrected chi connectivity index (χ2v) is 7.11. The Morgan fingerprint density at radius 2 is 2.13 bits per heavy atom. The average Bonchev–Trinajstić information content (AvgIpc) is 2.82. The molecule has 0 aliphatic heterocycles. The van der Waals surface area contributed by atoms with Gasteiger partial charge < -0.3 is 5.73 Å². The van der Waals surface area contributed by atoms with E-state index in [1.807, 2.05) is 6.92 Å². The number of aryl methyl sites for hydroxylation is 2. The summed E-state index contributed by atoms with van der Waals surface area (Å²) >= 11 is 6.03. The van der Waals surface area contributed by atoms with Gasteiger partial charge in [-0.25, -0.2) is 8.42 Å². The maximum absolute atomic E-state index is 12.6. The van der Waals surface area contributed by atoms with Crippen LogP contribution in [-0.2, 0) is 16.4 Å². The number of aromatic amines is 1. The molecule has 0 bridgehead atoms. The molecule has 2 rings (SSSR count). The average molecular weight is 357 g/mol. The highest BCUT2D eigenvalue weighted by molar-refractivity contribution is 7.92. The molecular formula is C14H17ClN4O3S. The Balaban J connectivity index is 2.46. The number of nitrogens with two attached hydrogens (primary N) is 1. The van der Waals surface area contributed by atoms with Crippen molar-refractivity contribution < 1.29 is 13.2 Å². The van der Waals surface area contributed by atoms with Crippen LogP contribution in [0.25, 0.3) is 0 Å². The fourth-order valence-corrected chi connectivity index (χ4v) is 3.80. The highest BCUT2D eigenvalue weighted by Crippen LogP contribution is 2.27. The fourth-order valence-electron chi connectivity index (χ4n) is 2.12. The Morgan fingerprint density at radius 3 is 2.74 bits per heavy atom. The number of anilines is 1. The number of carbonyl (C=O) groups is 1. The van der Waals surface area contributed by atoms with E-state index in [4.69, 9.17) is 17.3 Å². The first-order valence-corrected chi connectivity index (χ1v) is 8.78. The van der Waals surface area contributed by atoms with Crippen LogP contribution in [0.4, 0.5) is 5.69 Å². The van der Waals surface area contributed by atoms with Gasteiger partial charge in [0.15, 0.2) is 5.69 Å². The predicted molar refractivity (Wildman–Crippen MR) is 88.1 cm³/mol. The van der Waals surface area contributed by atoms with Gasteiger partial charge in [0.05, 0.1) is 10.7 Å². The molecule has 0 saturated heterocycles. The minimum atomic E-state index is -3.98. The number of hydrogen-bond donors (Lipinski definition) is 3. The molecule has 0 saturated carbocycles. The number of hydrogen-bond acceptors (Lipinski definition) is 4. The van der Waals surface area contributed by atoms with Gasteiger partial charge in [0.1, 0.15) is 10.6 Å². The lowest BCUT2D eigenvalue weighted by atomic mass is 10.1. The second-order valence-electron chi connectivity index (χ2n) is 5.06. The number of benzene rings is 1. The Kier molecular flexibility index (Phi) is 4.96. The van der Waals surface area contributed by atoms with Crippen molar-refractivity contribution >= 4 is 33.2 Å². The van der Waals surface area contributed by atoms with Crippen LogP contribution in [-0.4, -0.2) is 24.5 Å². The molecule has 0 spiro atoms. The van der Waals surface area contributed by atoms with Gasteiger partial charge in [-0.15, -0.1) is 0 Å². The van der Waals surface area contributed by atoms with Crippen LogP contribution in [0.2, 0.25) is 5.02 Å². The molecule has 0 unspecified atom stereocenters. The summed E-state index contributed by atoms with van der Waals surface area (Å²) in [7, 11) is -3.98. The molecule has 9 heteroatoms. The minimum absolute atomic E-state index is 0.0226. The second kappa shape index (κ2) is 6.59. The largest absolute Gasteiger partial charge is 0.364 e. The minimum Gasteiger partial charge on any atom is -0.364 e. The third kappa shape index (κ3) is 3.65. The van der Waals surface area contributed by atoms with Gasteiger partial charge in [0.2, 0.25) is 0 Å². The molecule has 7 nitrogen and oxygen atoms in total. The summed E-state index contributed by atoms with van der Waals surface area (Å²) in [4.78, 5) is 11.3. The molecule has 1 heterocycles. The zero-order valence-electron chi connectivity index (χ0n) is 12.7. The molecule has 1 aromatic carbocycles. The number of sulfonamides is 1. The van der Waals surface area contributed by atoms with Crippen molar-refractivity contribution in [2.45, 2.75) is 31.6 Å². The van der Waals surface area contributed by atoms with Crippen LogP contribution in [0, 0.1) is 6.92 Å². The maximum atomic E-state index is 12.6. The van der Waals surface area contributed by atoms with Gasteiger partial charge in [0.25, 0.3) is 15.9 Å². The lowest BCUT2D eigenvalue weighted by Crippen LogP contribution is -2.19. The third-order valence-corrected chi connectivity index (χ3v) is 5.07. The summed E-state index contributed by atoms with van der Waals surface area (Å²) in [6, 6.07) is 4.84. The number of primary amides is 1. The Labute approximate surface area is 139 Å². The number of amides is 1. The lowest BCUT2D eigenvalue weighted by Gasteiger charge is -2.11. The molecule has 124 valence electrons. The number of rotatable bonds is 6. The molecule has 1 aromatic heterocycles. The molecule has 0 radical (unpaired) electrons. The van der Waals surface area contributed by atoms with Crippen molar-refractivity contribution in [3.8, 4) is 0 Å². The summed E-state index contributed by atoms with van der Waals surface area (Å²) < 4.78 is 27.6. The van der Waals surface area contributed by atoms with E-state index in [-0.39, 0.29) is 21.3 Å². The smallest absolute Gasteiger partial charge is 0.271 e. The van der Waals surface area contributed by atoms with E-state index in [1.54, 1.807) is 19.1 Å². The Morgan fingerprint density at radius 1 is 1.43 bits per heavy atom. The van der Waals surface area contributed by atoms with Crippen LogP contribution >= 0.6 is 11.6 Å². The van der Waals surface area contributed by atoms with Crippen LogP contribution in [0.5, 0.6) is 0 Å². The van der Waals surface area contributed by atoms with E-state index >= 15 is 0 Å². The SMILES string of the molecule is CCCc1ccc(Cl)c(S(=O)(=O)Nc2c(C(N)=O)n[nH]c2C)c1. The first kappa shape index (κ1) is 17.3. The first-order chi connectivity index (χ1) is 10.8. The molecule has 0 atom stereocenters. The number of H-pyrrole nitrogens is 1. The summed E-state index contributed by atoms with van der Waals surface area (Å²) in [5, 5.41) is 6.33. The van der Waals surface area contributed by atoms with Crippen LogP contribution < -0.4 is 10.5 Å². The van der Waals surface area contributed by atoms with Gasteiger partial charge >= 0.3 is 0 Å². The quantitative estimate of drug-likeness (QED) is 0.735.